The van der Waals surface area contributed by atoms with Gasteiger partial charge in [0.1, 0.15) is 0 Å². The molecule has 1 atom stereocenters. The van der Waals surface area contributed by atoms with Crippen molar-refractivity contribution in [3.63, 3.8) is 0 Å². The van der Waals surface area contributed by atoms with Gasteiger partial charge in [0, 0.05) is 32.5 Å². The first-order valence-corrected chi connectivity index (χ1v) is 9.52. The van der Waals surface area contributed by atoms with Crippen molar-refractivity contribution in [2.75, 3.05) is 31.1 Å². The zero-order chi connectivity index (χ0) is 21.5. The van der Waals surface area contributed by atoms with Crippen molar-refractivity contribution in [1.29, 1.82) is 0 Å². The van der Waals surface area contributed by atoms with Gasteiger partial charge < -0.3 is 15.0 Å². The van der Waals surface area contributed by atoms with E-state index in [0.29, 0.717) is 17.8 Å². The van der Waals surface area contributed by atoms with E-state index in [1.165, 1.54) is 15.9 Å². The van der Waals surface area contributed by atoms with Crippen molar-refractivity contribution >= 4 is 35.4 Å². The van der Waals surface area contributed by atoms with Crippen LogP contribution < -0.4 is 10.2 Å². The molecule has 0 radical (unpaired) electrons. The monoisotopic (exact) mass is 412 g/mol. The summed E-state index contributed by atoms with van der Waals surface area (Å²) in [5.41, 5.74) is -1.08. The lowest BCUT2D eigenvalue weighted by Gasteiger charge is -2.48. The molecule has 3 aliphatic heterocycles. The van der Waals surface area contributed by atoms with Gasteiger partial charge in [0.25, 0.3) is 11.8 Å². The Labute approximate surface area is 172 Å². The fraction of sp³-hybridized carbons (Fsp3) is 0.350. The van der Waals surface area contributed by atoms with Crippen LogP contribution in [0.3, 0.4) is 0 Å². The molecule has 0 bridgehead atoms. The number of para-hydroxylation sites is 1. The second kappa shape index (κ2) is 7.29. The van der Waals surface area contributed by atoms with Gasteiger partial charge in [-0.1, -0.05) is 18.2 Å². The molecule has 10 heteroatoms. The Bertz CT molecular complexity index is 976. The molecule has 0 spiro atoms. The third kappa shape index (κ3) is 2.75. The molecule has 0 aliphatic carbocycles. The molecule has 2 fully saturated rings. The van der Waals surface area contributed by atoms with Crippen LogP contribution in [0.15, 0.2) is 36.9 Å². The Morgan fingerprint density at radius 3 is 2.70 bits per heavy atom. The highest BCUT2D eigenvalue weighted by molar-refractivity contribution is 6.15. The van der Waals surface area contributed by atoms with Crippen molar-refractivity contribution in [1.82, 2.24) is 15.1 Å². The Balaban J connectivity index is 1.67. The summed E-state index contributed by atoms with van der Waals surface area (Å²) < 4.78 is 5.26. The van der Waals surface area contributed by atoms with Crippen molar-refractivity contribution in [2.45, 2.75) is 18.5 Å². The van der Waals surface area contributed by atoms with Crippen LogP contribution in [-0.4, -0.2) is 71.4 Å². The lowest BCUT2D eigenvalue weighted by atomic mass is 9.96. The van der Waals surface area contributed by atoms with E-state index in [-0.39, 0.29) is 31.8 Å². The molecule has 0 unspecified atom stereocenters. The van der Waals surface area contributed by atoms with Gasteiger partial charge in [-0.05, 0) is 12.1 Å². The number of amides is 5. The van der Waals surface area contributed by atoms with E-state index in [2.05, 4.69) is 11.9 Å². The number of esters is 1. The number of rotatable bonds is 5. The Morgan fingerprint density at radius 1 is 1.23 bits per heavy atom. The lowest BCUT2D eigenvalue weighted by Crippen LogP contribution is -2.68. The average Bonchev–Trinajstić information content (AvgIpc) is 3.33. The van der Waals surface area contributed by atoms with Gasteiger partial charge >= 0.3 is 12.0 Å². The summed E-state index contributed by atoms with van der Waals surface area (Å²) in [6.07, 6.45) is 1.52. The molecule has 3 aliphatic rings. The number of hydrogen-bond donors (Lipinski definition) is 1. The van der Waals surface area contributed by atoms with Crippen molar-refractivity contribution in [3.05, 3.63) is 42.5 Å². The number of anilines is 1. The molecular formula is C20H20N4O6. The first-order valence-electron chi connectivity index (χ1n) is 9.52. The van der Waals surface area contributed by atoms with E-state index in [0.717, 1.165) is 4.90 Å². The molecule has 3 heterocycles. The van der Waals surface area contributed by atoms with Gasteiger partial charge in [-0.2, -0.15) is 0 Å². The second-order valence-electron chi connectivity index (χ2n) is 7.12. The van der Waals surface area contributed by atoms with Gasteiger partial charge in [-0.3, -0.25) is 24.2 Å². The summed E-state index contributed by atoms with van der Waals surface area (Å²) in [6.45, 7) is 3.49. The van der Waals surface area contributed by atoms with Gasteiger partial charge in [0.05, 0.1) is 11.3 Å². The van der Waals surface area contributed by atoms with Gasteiger partial charge in [0.15, 0.2) is 6.61 Å². The maximum Gasteiger partial charge on any atom is 0.354 e. The maximum atomic E-state index is 13.3. The molecule has 10 nitrogen and oxygen atoms in total. The summed E-state index contributed by atoms with van der Waals surface area (Å²) in [6, 6.07) is 5.98. The average molecular weight is 412 g/mol. The third-order valence-corrected chi connectivity index (χ3v) is 5.50. The number of nitrogens with one attached hydrogen (secondary N) is 1. The SMILES string of the molecule is C=CCN1C(=O)c2ccccc2N2C(=O)CC[C@]12C(=O)OCC(=O)N1CCNC1=O. The molecule has 0 saturated carbocycles. The fourth-order valence-electron chi connectivity index (χ4n) is 4.16. The molecule has 4 rings (SSSR count). The van der Waals surface area contributed by atoms with Crippen LogP contribution in [0.4, 0.5) is 10.5 Å². The van der Waals surface area contributed by atoms with Crippen LogP contribution in [-0.2, 0) is 19.1 Å². The van der Waals surface area contributed by atoms with E-state index < -0.39 is 36.1 Å². The number of imide groups is 1. The normalized spacial score (nSPS) is 22.5. The van der Waals surface area contributed by atoms with Crippen molar-refractivity contribution in [3.8, 4) is 0 Å². The van der Waals surface area contributed by atoms with E-state index in [4.69, 9.17) is 4.74 Å². The molecule has 0 aromatic heterocycles. The van der Waals surface area contributed by atoms with Crippen LogP contribution in [0.5, 0.6) is 0 Å². The minimum absolute atomic E-state index is 0.00846. The number of urea groups is 1. The Kier molecular flexibility index (Phi) is 4.76. The third-order valence-electron chi connectivity index (χ3n) is 5.50. The fourth-order valence-corrected chi connectivity index (χ4v) is 4.16. The molecular weight excluding hydrogens is 392 g/mol. The molecule has 156 valence electrons. The topological polar surface area (TPSA) is 116 Å². The highest BCUT2D eigenvalue weighted by Crippen LogP contribution is 2.45. The Hall–Kier alpha value is -3.69. The largest absolute Gasteiger partial charge is 0.452 e. The first-order chi connectivity index (χ1) is 14.4. The predicted molar refractivity (Wildman–Crippen MR) is 103 cm³/mol. The van der Waals surface area contributed by atoms with Crippen LogP contribution in [0, 0.1) is 0 Å². The van der Waals surface area contributed by atoms with Crippen LogP contribution in [0.2, 0.25) is 0 Å². The molecule has 30 heavy (non-hydrogen) atoms. The summed E-state index contributed by atoms with van der Waals surface area (Å²) >= 11 is 0. The summed E-state index contributed by atoms with van der Waals surface area (Å²) in [4.78, 5) is 66.6. The standard InChI is InChI=1S/C20H20N4O6/c1-2-10-23-17(27)13-5-3-4-6-14(13)24-15(25)7-8-20(23,24)18(28)30-12-16(26)22-11-9-21-19(22)29/h2-6H,1,7-12H2,(H,21,29)/t20-/m0/s1. The van der Waals surface area contributed by atoms with Crippen LogP contribution >= 0.6 is 0 Å². The minimum Gasteiger partial charge on any atom is -0.452 e. The zero-order valence-corrected chi connectivity index (χ0v) is 16.1. The molecule has 1 aromatic carbocycles. The molecule has 1 aromatic rings. The summed E-state index contributed by atoms with van der Waals surface area (Å²) in [7, 11) is 0. The summed E-state index contributed by atoms with van der Waals surface area (Å²) in [5, 5.41) is 2.49. The lowest BCUT2D eigenvalue weighted by molar-refractivity contribution is -0.161. The van der Waals surface area contributed by atoms with E-state index >= 15 is 0 Å². The van der Waals surface area contributed by atoms with Crippen molar-refractivity contribution < 1.29 is 28.7 Å². The van der Waals surface area contributed by atoms with Crippen molar-refractivity contribution in [2.24, 2.45) is 0 Å². The smallest absolute Gasteiger partial charge is 0.354 e. The van der Waals surface area contributed by atoms with E-state index in [9.17, 15) is 24.0 Å². The van der Waals surface area contributed by atoms with Crippen LogP contribution in [0.1, 0.15) is 23.2 Å². The highest BCUT2D eigenvalue weighted by atomic mass is 16.5. The van der Waals surface area contributed by atoms with Gasteiger partial charge in [0.2, 0.25) is 11.6 Å². The molecule has 2 saturated heterocycles. The highest BCUT2D eigenvalue weighted by Gasteiger charge is 2.61. The number of hydrogen-bond acceptors (Lipinski definition) is 6. The molecule has 1 N–H and O–H groups in total. The van der Waals surface area contributed by atoms with E-state index in [1.54, 1.807) is 24.3 Å². The number of fused-ring (bicyclic) bond motifs is 3. The number of nitrogens with zero attached hydrogens (tertiary/aromatic N) is 3. The maximum absolute atomic E-state index is 13.3. The van der Waals surface area contributed by atoms with Crippen LogP contribution in [0.25, 0.3) is 0 Å². The second-order valence-corrected chi connectivity index (χ2v) is 7.12. The van der Waals surface area contributed by atoms with Gasteiger partial charge in [-0.25, -0.2) is 9.59 Å². The minimum atomic E-state index is -1.70. The predicted octanol–water partition coefficient (Wildman–Crippen LogP) is 0.246. The quantitative estimate of drug-likeness (QED) is 0.547. The number of carbonyl (C=O) groups excluding carboxylic acids is 5. The van der Waals surface area contributed by atoms with E-state index in [1.807, 2.05) is 0 Å². The number of ether oxygens (including phenoxy) is 1. The van der Waals surface area contributed by atoms with Gasteiger partial charge in [-0.15, -0.1) is 6.58 Å². The summed E-state index contributed by atoms with van der Waals surface area (Å²) in [5.74, 6) is -2.33. The number of benzene rings is 1. The first kappa shape index (κ1) is 19.6. The Morgan fingerprint density at radius 2 is 2.00 bits per heavy atom. The number of carbonyl (C=O) groups is 5. The molecule has 5 amide bonds. The zero-order valence-electron chi connectivity index (χ0n) is 16.1.